The number of benzene rings is 1. The number of alkyl halides is 1. The monoisotopic (exact) mass is 240 g/mol. The first-order chi connectivity index (χ1) is 6.36. The Kier molecular flexibility index (Phi) is 5.14. The minimum Gasteiger partial charge on any atom is -0.0925 e. The molecule has 1 aromatic carbocycles. The number of aryl methyl sites for hydroxylation is 1. The molecule has 0 heterocycles. The molecule has 0 amide bonds. The Labute approximate surface area is 89.5 Å². The summed E-state index contributed by atoms with van der Waals surface area (Å²) in [6.45, 7) is 2.26. The van der Waals surface area contributed by atoms with Gasteiger partial charge in [0.1, 0.15) is 0 Å². The van der Waals surface area contributed by atoms with Crippen LogP contribution in [0.2, 0.25) is 0 Å². The van der Waals surface area contributed by atoms with E-state index in [1.165, 1.54) is 24.8 Å². The lowest BCUT2D eigenvalue weighted by molar-refractivity contribution is 0.528. The molecule has 0 radical (unpaired) electrons. The lowest BCUT2D eigenvalue weighted by atomic mass is 9.99. The molecule has 1 atom stereocenters. The van der Waals surface area contributed by atoms with Crippen LogP contribution in [0.3, 0.4) is 0 Å². The maximum absolute atomic E-state index is 3.55. The third-order valence-electron chi connectivity index (χ3n) is 2.48. The lowest BCUT2D eigenvalue weighted by Crippen LogP contribution is -2.01. The SMILES string of the molecule is CC[C@H](CBr)CCc1ccccc1. The van der Waals surface area contributed by atoms with Crippen LogP contribution >= 0.6 is 15.9 Å². The summed E-state index contributed by atoms with van der Waals surface area (Å²) in [5.74, 6) is 0.834. The number of hydrogen-bond donors (Lipinski definition) is 0. The summed E-state index contributed by atoms with van der Waals surface area (Å²) in [5, 5.41) is 1.14. The molecule has 0 spiro atoms. The first kappa shape index (κ1) is 10.8. The first-order valence-corrected chi connectivity index (χ1v) is 6.08. The van der Waals surface area contributed by atoms with E-state index in [-0.39, 0.29) is 0 Å². The van der Waals surface area contributed by atoms with Crippen molar-refractivity contribution in [3.8, 4) is 0 Å². The zero-order valence-electron chi connectivity index (χ0n) is 8.17. The lowest BCUT2D eigenvalue weighted by Gasteiger charge is -2.10. The summed E-state index contributed by atoms with van der Waals surface area (Å²) in [5.41, 5.74) is 1.46. The highest BCUT2D eigenvalue weighted by atomic mass is 79.9. The van der Waals surface area contributed by atoms with Crippen molar-refractivity contribution in [2.75, 3.05) is 5.33 Å². The molecule has 13 heavy (non-hydrogen) atoms. The summed E-state index contributed by atoms with van der Waals surface area (Å²) < 4.78 is 0. The second-order valence-electron chi connectivity index (χ2n) is 3.45. The summed E-state index contributed by atoms with van der Waals surface area (Å²) in [6, 6.07) is 10.7. The molecule has 0 saturated carbocycles. The van der Waals surface area contributed by atoms with E-state index in [1.54, 1.807) is 0 Å². The van der Waals surface area contributed by atoms with Gasteiger partial charge in [0.05, 0.1) is 0 Å². The summed E-state index contributed by atoms with van der Waals surface area (Å²) in [4.78, 5) is 0. The van der Waals surface area contributed by atoms with E-state index in [2.05, 4.69) is 53.2 Å². The van der Waals surface area contributed by atoms with Gasteiger partial charge in [-0.05, 0) is 24.3 Å². The summed E-state index contributed by atoms with van der Waals surface area (Å²) >= 11 is 3.55. The molecule has 72 valence electrons. The highest BCUT2D eigenvalue weighted by molar-refractivity contribution is 9.09. The van der Waals surface area contributed by atoms with Gasteiger partial charge in [-0.2, -0.15) is 0 Å². The fourth-order valence-electron chi connectivity index (χ4n) is 1.41. The van der Waals surface area contributed by atoms with Crippen LogP contribution in [0.25, 0.3) is 0 Å². The average Bonchev–Trinajstić information content (AvgIpc) is 2.21. The predicted octanol–water partition coefficient (Wildman–Crippen LogP) is 4.04. The third-order valence-corrected chi connectivity index (χ3v) is 3.40. The zero-order chi connectivity index (χ0) is 9.52. The molecule has 0 aliphatic carbocycles. The van der Waals surface area contributed by atoms with Gasteiger partial charge in [-0.1, -0.05) is 59.6 Å². The van der Waals surface area contributed by atoms with E-state index in [9.17, 15) is 0 Å². The van der Waals surface area contributed by atoms with Crippen LogP contribution in [0.15, 0.2) is 30.3 Å². The highest BCUT2D eigenvalue weighted by Crippen LogP contribution is 2.14. The van der Waals surface area contributed by atoms with Crippen LogP contribution < -0.4 is 0 Å². The van der Waals surface area contributed by atoms with E-state index in [4.69, 9.17) is 0 Å². The number of halogens is 1. The maximum atomic E-state index is 3.55. The van der Waals surface area contributed by atoms with E-state index in [0.717, 1.165) is 11.2 Å². The Hall–Kier alpha value is -0.300. The van der Waals surface area contributed by atoms with Crippen LogP contribution in [0.5, 0.6) is 0 Å². The van der Waals surface area contributed by atoms with Gasteiger partial charge in [-0.15, -0.1) is 0 Å². The van der Waals surface area contributed by atoms with E-state index in [1.807, 2.05) is 0 Å². The minimum absolute atomic E-state index is 0.834. The van der Waals surface area contributed by atoms with E-state index in [0.29, 0.717) is 0 Å². The summed E-state index contributed by atoms with van der Waals surface area (Å²) in [6.07, 6.45) is 3.79. The van der Waals surface area contributed by atoms with Crippen molar-refractivity contribution in [1.29, 1.82) is 0 Å². The van der Waals surface area contributed by atoms with Gasteiger partial charge in [0.15, 0.2) is 0 Å². The third kappa shape index (κ3) is 3.95. The molecule has 0 N–H and O–H groups in total. The second-order valence-corrected chi connectivity index (χ2v) is 4.10. The average molecular weight is 241 g/mol. The number of rotatable bonds is 5. The molecule has 0 unspecified atom stereocenters. The van der Waals surface area contributed by atoms with Crippen molar-refractivity contribution in [2.45, 2.75) is 26.2 Å². The predicted molar refractivity (Wildman–Crippen MR) is 62.3 cm³/mol. The van der Waals surface area contributed by atoms with Gasteiger partial charge in [0.2, 0.25) is 0 Å². The second kappa shape index (κ2) is 6.20. The molecule has 0 aliphatic heterocycles. The fourth-order valence-corrected chi connectivity index (χ4v) is 2.19. The van der Waals surface area contributed by atoms with Gasteiger partial charge < -0.3 is 0 Å². The van der Waals surface area contributed by atoms with E-state index >= 15 is 0 Å². The fraction of sp³-hybridized carbons (Fsp3) is 0.500. The molecule has 0 aromatic heterocycles. The molecule has 0 bridgehead atoms. The Morgan fingerprint density at radius 1 is 1.23 bits per heavy atom. The first-order valence-electron chi connectivity index (χ1n) is 4.96. The molecular weight excluding hydrogens is 224 g/mol. The van der Waals surface area contributed by atoms with Crippen molar-refractivity contribution in [1.82, 2.24) is 0 Å². The Morgan fingerprint density at radius 3 is 2.46 bits per heavy atom. The van der Waals surface area contributed by atoms with Crippen molar-refractivity contribution < 1.29 is 0 Å². The Balaban J connectivity index is 2.34. The number of hydrogen-bond acceptors (Lipinski definition) is 0. The highest BCUT2D eigenvalue weighted by Gasteiger charge is 2.03. The van der Waals surface area contributed by atoms with Crippen LogP contribution in [-0.4, -0.2) is 5.33 Å². The van der Waals surface area contributed by atoms with Gasteiger partial charge in [0, 0.05) is 5.33 Å². The molecule has 0 saturated heterocycles. The van der Waals surface area contributed by atoms with Gasteiger partial charge in [0.25, 0.3) is 0 Å². The Bertz CT molecular complexity index is 214. The van der Waals surface area contributed by atoms with Gasteiger partial charge >= 0.3 is 0 Å². The molecule has 1 rings (SSSR count). The topological polar surface area (TPSA) is 0 Å². The molecule has 1 heteroatoms. The smallest absolute Gasteiger partial charge is 0.00596 e. The standard InChI is InChI=1S/C12H17Br/c1-2-11(10-13)8-9-12-6-4-3-5-7-12/h3-7,11H,2,8-10H2,1H3/t11-/m0/s1. The molecule has 1 aromatic rings. The largest absolute Gasteiger partial charge is 0.0925 e. The maximum Gasteiger partial charge on any atom is 0.00596 e. The normalized spacial score (nSPS) is 12.8. The minimum atomic E-state index is 0.834. The zero-order valence-corrected chi connectivity index (χ0v) is 9.76. The quantitative estimate of drug-likeness (QED) is 0.682. The Morgan fingerprint density at radius 2 is 1.92 bits per heavy atom. The molecule has 0 aliphatic rings. The van der Waals surface area contributed by atoms with Crippen LogP contribution in [0, 0.1) is 5.92 Å². The molecular formula is C12H17Br. The van der Waals surface area contributed by atoms with Crippen molar-refractivity contribution in [2.24, 2.45) is 5.92 Å². The van der Waals surface area contributed by atoms with Gasteiger partial charge in [-0.25, -0.2) is 0 Å². The van der Waals surface area contributed by atoms with Crippen LogP contribution in [0.4, 0.5) is 0 Å². The molecule has 0 fully saturated rings. The van der Waals surface area contributed by atoms with E-state index < -0.39 is 0 Å². The van der Waals surface area contributed by atoms with Crippen molar-refractivity contribution in [3.05, 3.63) is 35.9 Å². The van der Waals surface area contributed by atoms with Crippen LogP contribution in [0.1, 0.15) is 25.3 Å². The van der Waals surface area contributed by atoms with Crippen LogP contribution in [-0.2, 0) is 6.42 Å². The van der Waals surface area contributed by atoms with Gasteiger partial charge in [-0.3, -0.25) is 0 Å². The summed E-state index contributed by atoms with van der Waals surface area (Å²) in [7, 11) is 0. The van der Waals surface area contributed by atoms with Crippen molar-refractivity contribution >= 4 is 15.9 Å². The molecule has 0 nitrogen and oxygen atoms in total. The van der Waals surface area contributed by atoms with Crippen molar-refractivity contribution in [3.63, 3.8) is 0 Å².